The van der Waals surface area contributed by atoms with Crippen LogP contribution in [0.3, 0.4) is 0 Å². The monoisotopic (exact) mass is 214 g/mol. The first-order valence-corrected chi connectivity index (χ1v) is 8.51. The summed E-state index contributed by atoms with van der Waals surface area (Å²) in [7, 11) is -1.52. The van der Waals surface area contributed by atoms with Gasteiger partial charge in [-0.3, -0.25) is 0 Å². The molecule has 0 aromatic rings. The molecule has 0 aromatic carbocycles. The summed E-state index contributed by atoms with van der Waals surface area (Å²) in [6.07, 6.45) is 2.42. The Morgan fingerprint density at radius 2 is 2.00 bits per heavy atom. The molecule has 0 N–H and O–H groups in total. The van der Waals surface area contributed by atoms with Gasteiger partial charge < -0.3 is 9.16 Å². The van der Waals surface area contributed by atoms with E-state index < -0.39 is 8.32 Å². The van der Waals surface area contributed by atoms with Crippen molar-refractivity contribution in [2.24, 2.45) is 5.92 Å². The molecule has 0 amide bonds. The van der Waals surface area contributed by atoms with E-state index in [2.05, 4.69) is 33.9 Å². The normalized spacial score (nSPS) is 36.2. The van der Waals surface area contributed by atoms with Gasteiger partial charge in [-0.1, -0.05) is 20.8 Å². The molecule has 0 bridgehead atoms. The molecule has 0 aromatic heterocycles. The fourth-order valence-electron chi connectivity index (χ4n) is 1.69. The van der Waals surface area contributed by atoms with E-state index >= 15 is 0 Å². The second-order valence-electron chi connectivity index (χ2n) is 6.21. The number of fused-ring (bicyclic) bond motifs is 1. The van der Waals surface area contributed by atoms with Crippen molar-refractivity contribution >= 4 is 8.32 Å². The minimum Gasteiger partial charge on any atom is -0.416 e. The van der Waals surface area contributed by atoms with Crippen molar-refractivity contribution in [1.82, 2.24) is 0 Å². The van der Waals surface area contributed by atoms with E-state index in [0.717, 1.165) is 6.61 Å². The summed E-state index contributed by atoms with van der Waals surface area (Å²) < 4.78 is 11.6. The van der Waals surface area contributed by atoms with E-state index in [1.54, 1.807) is 0 Å². The molecule has 0 spiro atoms. The molecule has 1 unspecified atom stereocenters. The summed E-state index contributed by atoms with van der Waals surface area (Å²) in [6.45, 7) is 12.4. The fraction of sp³-hybridized carbons (Fsp3) is 1.00. The van der Waals surface area contributed by atoms with Crippen molar-refractivity contribution in [2.45, 2.75) is 57.5 Å². The lowest BCUT2D eigenvalue weighted by atomic mass is 9.86. The standard InChI is InChI=1S/C11H22O2Si/c1-11(2,3)14(4,5)12-7-8-6-9-10(8)13-9/h8-10H,6-7H2,1-5H3/t8-,9+,10?/m1/s1. The predicted molar refractivity (Wildman–Crippen MR) is 59.9 cm³/mol. The van der Waals surface area contributed by atoms with Crippen LogP contribution in [0.2, 0.25) is 18.1 Å². The van der Waals surface area contributed by atoms with Crippen LogP contribution in [0.4, 0.5) is 0 Å². The average molecular weight is 214 g/mol. The fourth-order valence-corrected chi connectivity index (χ4v) is 2.76. The Morgan fingerprint density at radius 1 is 1.36 bits per heavy atom. The average Bonchev–Trinajstić information content (AvgIpc) is 2.59. The first-order valence-electron chi connectivity index (χ1n) is 5.61. The number of hydrogen-bond donors (Lipinski definition) is 0. The highest BCUT2D eigenvalue weighted by Crippen LogP contribution is 2.47. The molecule has 1 saturated carbocycles. The van der Waals surface area contributed by atoms with Gasteiger partial charge in [0.1, 0.15) is 0 Å². The van der Waals surface area contributed by atoms with Crippen molar-refractivity contribution < 1.29 is 9.16 Å². The highest BCUT2D eigenvalue weighted by molar-refractivity contribution is 6.74. The van der Waals surface area contributed by atoms with E-state index in [1.165, 1.54) is 6.42 Å². The maximum absolute atomic E-state index is 6.15. The van der Waals surface area contributed by atoms with Crippen LogP contribution < -0.4 is 0 Å². The zero-order valence-corrected chi connectivity index (χ0v) is 11.0. The van der Waals surface area contributed by atoms with Gasteiger partial charge >= 0.3 is 0 Å². The van der Waals surface area contributed by atoms with Gasteiger partial charge in [0.05, 0.1) is 12.2 Å². The number of epoxide rings is 1. The lowest BCUT2D eigenvalue weighted by Gasteiger charge is -2.37. The van der Waals surface area contributed by atoms with Crippen LogP contribution in [0, 0.1) is 5.92 Å². The summed E-state index contributed by atoms with van der Waals surface area (Å²) >= 11 is 0. The van der Waals surface area contributed by atoms with Crippen LogP contribution in [0.5, 0.6) is 0 Å². The third-order valence-corrected chi connectivity index (χ3v) is 8.59. The Bertz CT molecular complexity index is 232. The Hall–Kier alpha value is 0.137. The Labute approximate surface area is 88.1 Å². The van der Waals surface area contributed by atoms with Crippen molar-refractivity contribution in [2.75, 3.05) is 6.61 Å². The van der Waals surface area contributed by atoms with Crippen molar-refractivity contribution in [3.8, 4) is 0 Å². The smallest absolute Gasteiger partial charge is 0.191 e. The van der Waals surface area contributed by atoms with Crippen molar-refractivity contribution in [3.63, 3.8) is 0 Å². The second kappa shape index (κ2) is 3.06. The number of rotatable bonds is 3. The van der Waals surface area contributed by atoms with Gasteiger partial charge in [-0.2, -0.15) is 0 Å². The van der Waals surface area contributed by atoms with Crippen molar-refractivity contribution in [1.29, 1.82) is 0 Å². The molecule has 1 saturated heterocycles. The minimum absolute atomic E-state index is 0.334. The topological polar surface area (TPSA) is 21.8 Å². The van der Waals surface area contributed by atoms with Gasteiger partial charge in [0, 0.05) is 12.5 Å². The van der Waals surface area contributed by atoms with E-state index in [9.17, 15) is 0 Å². The molecule has 3 heteroatoms. The first kappa shape index (κ1) is 10.6. The molecule has 2 nitrogen and oxygen atoms in total. The van der Waals surface area contributed by atoms with E-state index in [-0.39, 0.29) is 0 Å². The van der Waals surface area contributed by atoms with Gasteiger partial charge in [0.15, 0.2) is 8.32 Å². The highest BCUT2D eigenvalue weighted by atomic mass is 28.4. The number of hydrogen-bond acceptors (Lipinski definition) is 2. The molecule has 2 rings (SSSR count). The second-order valence-corrected chi connectivity index (χ2v) is 11.0. The molecular weight excluding hydrogens is 192 g/mol. The predicted octanol–water partition coefficient (Wildman–Crippen LogP) is 2.80. The Kier molecular flexibility index (Phi) is 2.33. The molecule has 0 radical (unpaired) electrons. The van der Waals surface area contributed by atoms with Gasteiger partial charge in [-0.05, 0) is 24.6 Å². The lowest BCUT2D eigenvalue weighted by Crippen LogP contribution is -2.43. The van der Waals surface area contributed by atoms with Crippen LogP contribution in [0.15, 0.2) is 0 Å². The van der Waals surface area contributed by atoms with Crippen LogP contribution in [-0.4, -0.2) is 27.1 Å². The molecule has 1 heterocycles. The third kappa shape index (κ3) is 1.77. The summed E-state index contributed by atoms with van der Waals surface area (Å²) in [5.74, 6) is 0.703. The third-order valence-electron chi connectivity index (χ3n) is 4.09. The first-order chi connectivity index (χ1) is 6.31. The van der Waals surface area contributed by atoms with Crippen LogP contribution in [0.25, 0.3) is 0 Å². The van der Waals surface area contributed by atoms with Gasteiger partial charge in [-0.25, -0.2) is 0 Å². The van der Waals surface area contributed by atoms with Crippen molar-refractivity contribution in [3.05, 3.63) is 0 Å². The SMILES string of the molecule is CC(C)(C)[Si](C)(C)OC[C@H]1C[C@@H]2OC12. The maximum Gasteiger partial charge on any atom is 0.191 e. The quantitative estimate of drug-likeness (QED) is 0.532. The zero-order chi connectivity index (χ0) is 10.6. The minimum atomic E-state index is -1.52. The Balaban J connectivity index is 1.78. The van der Waals surface area contributed by atoms with E-state index in [0.29, 0.717) is 23.2 Å². The molecule has 2 fully saturated rings. The molecule has 3 atom stereocenters. The summed E-state index contributed by atoms with van der Waals surface area (Å²) in [5, 5.41) is 0.334. The van der Waals surface area contributed by atoms with E-state index in [4.69, 9.17) is 9.16 Å². The number of ether oxygens (including phenoxy) is 1. The van der Waals surface area contributed by atoms with Gasteiger partial charge in [0.2, 0.25) is 0 Å². The maximum atomic E-state index is 6.15. The molecular formula is C11H22O2Si. The van der Waals surface area contributed by atoms with Crippen LogP contribution in [-0.2, 0) is 9.16 Å². The molecule has 1 aliphatic heterocycles. The lowest BCUT2D eigenvalue weighted by molar-refractivity contribution is 0.189. The molecule has 1 aliphatic carbocycles. The summed E-state index contributed by atoms with van der Waals surface area (Å²) in [6, 6.07) is 0. The van der Waals surface area contributed by atoms with Crippen LogP contribution in [0.1, 0.15) is 27.2 Å². The van der Waals surface area contributed by atoms with E-state index in [1.807, 2.05) is 0 Å². The highest BCUT2D eigenvalue weighted by Gasteiger charge is 2.56. The summed E-state index contributed by atoms with van der Waals surface area (Å²) in [5.41, 5.74) is 0. The molecule has 2 aliphatic rings. The van der Waals surface area contributed by atoms with Crippen LogP contribution >= 0.6 is 0 Å². The summed E-state index contributed by atoms with van der Waals surface area (Å²) in [4.78, 5) is 0. The molecule has 14 heavy (non-hydrogen) atoms. The van der Waals surface area contributed by atoms with Gasteiger partial charge in [-0.15, -0.1) is 0 Å². The Morgan fingerprint density at radius 3 is 2.36 bits per heavy atom. The largest absolute Gasteiger partial charge is 0.416 e. The zero-order valence-electron chi connectivity index (χ0n) is 9.96. The molecule has 82 valence electrons. The van der Waals surface area contributed by atoms with Gasteiger partial charge in [0.25, 0.3) is 0 Å².